The molecule has 7 aromatic carbocycles. The first-order valence-corrected chi connectivity index (χ1v) is 31.4. The molecule has 2 aliphatic rings. The van der Waals surface area contributed by atoms with E-state index in [4.69, 9.17) is 70.5 Å². The normalized spacial score (nSPS) is 20.5. The van der Waals surface area contributed by atoms with Crippen molar-refractivity contribution in [2.75, 3.05) is 67.4 Å². The topological polar surface area (TPSA) is 196 Å². The molecule has 10 atom stereocenters. The van der Waals surface area contributed by atoms with Crippen LogP contribution in [0, 0.1) is 0 Å². The Morgan fingerprint density at radius 3 is 1.33 bits per heavy atom. The van der Waals surface area contributed by atoms with Crippen molar-refractivity contribution in [3.63, 3.8) is 0 Å². The van der Waals surface area contributed by atoms with Crippen LogP contribution in [0.1, 0.15) is 45.2 Å². The van der Waals surface area contributed by atoms with E-state index in [1.165, 1.54) is 0 Å². The predicted molar refractivity (Wildman–Crippen MR) is 326 cm³/mol. The maximum atomic E-state index is 13.7. The van der Waals surface area contributed by atoms with Crippen molar-refractivity contribution >= 4 is 21.3 Å². The molecule has 0 aromatic heterocycles. The molecule has 9 rings (SSSR count). The van der Waals surface area contributed by atoms with Crippen LogP contribution in [-0.2, 0) is 103 Å². The minimum atomic E-state index is -5.57. The highest BCUT2D eigenvalue weighted by Crippen LogP contribution is 2.38. The van der Waals surface area contributed by atoms with E-state index in [1.54, 1.807) is 66.9 Å². The molecular weight excluding hydrogens is 1160 g/mol. The molecule has 18 nitrogen and oxygen atoms in total. The van der Waals surface area contributed by atoms with Crippen molar-refractivity contribution in [2.45, 2.75) is 93.9 Å². The number of hydrogen-bond donors (Lipinski definition) is 0. The summed E-state index contributed by atoms with van der Waals surface area (Å²) in [7, 11) is 3.19. The van der Waals surface area contributed by atoms with Crippen molar-refractivity contribution < 1.29 is 83.5 Å². The van der Waals surface area contributed by atoms with Gasteiger partial charge in [-0.3, -0.25) is 4.18 Å². The van der Waals surface area contributed by atoms with Crippen molar-refractivity contribution in [2.24, 2.45) is 0 Å². The Morgan fingerprint density at radius 1 is 0.494 bits per heavy atom. The average molecular weight is 1230 g/mol. The lowest BCUT2D eigenvalue weighted by Crippen LogP contribution is -2.58. The van der Waals surface area contributed by atoms with Crippen molar-refractivity contribution in [1.29, 1.82) is 0 Å². The third-order valence-electron chi connectivity index (χ3n) is 15.1. The van der Waals surface area contributed by atoms with Gasteiger partial charge in [0.2, 0.25) is 10.4 Å². The van der Waals surface area contributed by atoms with Crippen LogP contribution in [0.2, 0.25) is 0 Å². The van der Waals surface area contributed by atoms with Gasteiger partial charge in [0.1, 0.15) is 88.7 Å². The molecule has 0 aliphatic carbocycles. The van der Waals surface area contributed by atoms with E-state index in [0.29, 0.717) is 51.4 Å². The first-order chi connectivity index (χ1) is 42.4. The van der Waals surface area contributed by atoms with Gasteiger partial charge in [0.25, 0.3) is 0 Å². The SMILES string of the molecule is COc1ccc(COC[C@@H]2[C@@H](OCc3ccc(OC)cc3)[C@H](OCc3ccc(OC)cc3)C[S+]2C[C@@H](OCc2ccc(OC)cc2)[C@@H](OS(=O)(=O)[O-])[C@H](OCc2ccc(OC)cc2)[C@@H]2OC(c3ccccc3)OC[C@@H]2OCc2ccc(OC)cc2)cc1. The van der Waals surface area contributed by atoms with Gasteiger partial charge < -0.3 is 70.9 Å². The number of benzene rings is 7. The summed E-state index contributed by atoms with van der Waals surface area (Å²) < 4.78 is 135. The van der Waals surface area contributed by atoms with Gasteiger partial charge in [-0.2, -0.15) is 0 Å². The zero-order valence-corrected chi connectivity index (χ0v) is 51.3. The number of hydrogen-bond acceptors (Lipinski definition) is 18. The summed E-state index contributed by atoms with van der Waals surface area (Å²) in [4.78, 5) is 0. The molecule has 2 unspecified atom stereocenters. The largest absolute Gasteiger partial charge is 0.726 e. The summed E-state index contributed by atoms with van der Waals surface area (Å²) in [5.74, 6) is 4.53. The summed E-state index contributed by atoms with van der Waals surface area (Å²) in [6.07, 6.45) is -8.53. The molecule has 20 heteroatoms. The van der Waals surface area contributed by atoms with Gasteiger partial charge in [-0.05, 0) is 106 Å². The lowest BCUT2D eigenvalue weighted by molar-refractivity contribution is -0.300. The molecule has 2 saturated heterocycles. The lowest BCUT2D eigenvalue weighted by Gasteiger charge is -2.43. The van der Waals surface area contributed by atoms with Gasteiger partial charge in [-0.1, -0.05) is 103 Å². The fraction of sp³-hybridized carbons (Fsp3) is 0.373. The van der Waals surface area contributed by atoms with Crippen molar-refractivity contribution in [3.05, 3.63) is 215 Å². The van der Waals surface area contributed by atoms with Crippen LogP contribution < -0.4 is 28.4 Å². The molecule has 0 amide bonds. The lowest BCUT2D eigenvalue weighted by atomic mass is 9.97. The number of rotatable bonds is 33. The second-order valence-electron chi connectivity index (χ2n) is 20.8. The van der Waals surface area contributed by atoms with E-state index in [1.807, 2.05) is 152 Å². The van der Waals surface area contributed by atoms with Crippen molar-refractivity contribution in [1.82, 2.24) is 0 Å². The molecule has 0 spiro atoms. The van der Waals surface area contributed by atoms with Crippen LogP contribution in [0.4, 0.5) is 0 Å². The van der Waals surface area contributed by atoms with Gasteiger partial charge >= 0.3 is 0 Å². The molecule has 464 valence electrons. The fourth-order valence-corrected chi connectivity index (χ4v) is 13.7. The van der Waals surface area contributed by atoms with Gasteiger partial charge in [0.15, 0.2) is 11.5 Å². The Morgan fingerprint density at radius 2 is 0.897 bits per heavy atom. The second kappa shape index (κ2) is 32.5. The van der Waals surface area contributed by atoms with Crippen molar-refractivity contribution in [3.8, 4) is 34.5 Å². The number of ether oxygens (including phenoxy) is 14. The molecule has 0 radical (unpaired) electrons. The summed E-state index contributed by atoms with van der Waals surface area (Å²) >= 11 is 0. The monoisotopic (exact) mass is 1230 g/mol. The van der Waals surface area contributed by atoms with E-state index in [2.05, 4.69) is 0 Å². The van der Waals surface area contributed by atoms with E-state index in [9.17, 15) is 13.0 Å². The Bertz CT molecular complexity index is 3230. The van der Waals surface area contributed by atoms with Crippen LogP contribution in [0.5, 0.6) is 34.5 Å². The zero-order valence-electron chi connectivity index (χ0n) is 49.7. The summed E-state index contributed by atoms with van der Waals surface area (Å²) in [5, 5.41) is -0.403. The molecule has 2 aliphatic heterocycles. The summed E-state index contributed by atoms with van der Waals surface area (Å²) in [6, 6.07) is 54.3. The van der Waals surface area contributed by atoms with Gasteiger partial charge in [0.05, 0.1) is 95.5 Å². The van der Waals surface area contributed by atoms with E-state index >= 15 is 0 Å². The Kier molecular flexibility index (Phi) is 24.1. The first kappa shape index (κ1) is 64.7. The third kappa shape index (κ3) is 18.9. The highest BCUT2D eigenvalue weighted by Gasteiger charge is 2.56. The van der Waals surface area contributed by atoms with Gasteiger partial charge in [-0.15, -0.1) is 0 Å². The van der Waals surface area contributed by atoms with Crippen LogP contribution in [0.3, 0.4) is 0 Å². The maximum absolute atomic E-state index is 13.7. The molecule has 0 bridgehead atoms. The summed E-state index contributed by atoms with van der Waals surface area (Å²) in [5.41, 5.74) is 5.63. The van der Waals surface area contributed by atoms with Gasteiger partial charge in [0, 0.05) is 16.5 Å². The minimum Gasteiger partial charge on any atom is -0.726 e. The molecule has 0 saturated carbocycles. The number of methoxy groups -OCH3 is 6. The molecule has 2 heterocycles. The highest BCUT2D eigenvalue weighted by atomic mass is 32.3. The summed E-state index contributed by atoms with van der Waals surface area (Å²) in [6.45, 7) is 0.771. The highest BCUT2D eigenvalue weighted by molar-refractivity contribution is 7.97. The zero-order chi connectivity index (χ0) is 61.0. The van der Waals surface area contributed by atoms with E-state index in [0.717, 1.165) is 27.8 Å². The standard InChI is InChI=1S/C67H76O18S2/c1-71-53-24-12-46(13-25-53)36-77-43-62-63(81-40-50-20-32-57(75-5)33-21-50)60(79-38-48-16-28-55(73-3)29-17-48)44-86(62)45-61(80-39-49-18-30-56(74-4)31-19-49)65(85-87(68,69)70)66(82-41-51-22-34-58(76-6)35-23-51)64-59(78-37-47-14-26-54(72-2)27-15-47)42-83-67(84-64)52-10-8-7-9-11-52/h7-35,59-67H,36-45H2,1-6H3/t59-,60+,61+,62+,63-,64+,65+,66+,67?,86?/m0/s1. The maximum Gasteiger partial charge on any atom is 0.218 e. The Hall–Kier alpha value is -6.76. The molecular formula is C67H76O18S2. The first-order valence-electron chi connectivity index (χ1n) is 28.5. The van der Waals surface area contributed by atoms with Crippen LogP contribution in [-0.4, -0.2) is 128 Å². The van der Waals surface area contributed by atoms with Crippen LogP contribution in [0.25, 0.3) is 0 Å². The van der Waals surface area contributed by atoms with E-state index < -0.39 is 75.6 Å². The quantitative estimate of drug-likeness (QED) is 0.0214. The van der Waals surface area contributed by atoms with Gasteiger partial charge in [-0.25, -0.2) is 8.42 Å². The van der Waals surface area contributed by atoms with Crippen LogP contribution >= 0.6 is 0 Å². The second-order valence-corrected chi connectivity index (χ2v) is 24.1. The molecule has 87 heavy (non-hydrogen) atoms. The minimum absolute atomic E-state index is 0.0323. The Balaban J connectivity index is 1.14. The fourth-order valence-electron chi connectivity index (χ4n) is 10.3. The molecule has 0 N–H and O–H groups in total. The predicted octanol–water partition coefficient (Wildman–Crippen LogP) is 10.1. The van der Waals surface area contributed by atoms with Crippen LogP contribution in [0.15, 0.2) is 176 Å². The third-order valence-corrected chi connectivity index (χ3v) is 18.3. The average Bonchev–Trinajstić information content (AvgIpc) is 2.46. The Labute approximate surface area is 513 Å². The molecule has 2 fully saturated rings. The smallest absolute Gasteiger partial charge is 0.218 e. The molecule has 7 aromatic rings. The van der Waals surface area contributed by atoms with E-state index in [-0.39, 0.29) is 58.6 Å².